The number of benzene rings is 2. The third-order valence-corrected chi connectivity index (χ3v) is 8.07. The molecule has 0 heterocycles. The Kier molecular flexibility index (Phi) is 4.05. The lowest BCUT2D eigenvalue weighted by Crippen LogP contribution is -2.40. The number of hydrogen-bond donors (Lipinski definition) is 0. The Morgan fingerprint density at radius 3 is 2.03 bits per heavy atom. The van der Waals surface area contributed by atoms with E-state index in [0.29, 0.717) is 41.1 Å². The lowest BCUT2D eigenvalue weighted by molar-refractivity contribution is -0.394. The molecule has 5 aliphatic rings. The molecule has 2 saturated carbocycles. The van der Waals surface area contributed by atoms with Crippen molar-refractivity contribution in [2.24, 2.45) is 23.7 Å². The molecule has 158 valence electrons. The first-order valence-electron chi connectivity index (χ1n) is 10.8. The average Bonchev–Trinajstić information content (AvgIpc) is 3.34. The first kappa shape index (κ1) is 18.7. The van der Waals surface area contributed by atoms with Gasteiger partial charge in [-0.3, -0.25) is 20.2 Å². The number of nitro groups is 2. The minimum atomic E-state index is -0.614. The average molecular weight is 418 g/mol. The number of fused-ring (bicyclic) bond motifs is 3. The first-order valence-corrected chi connectivity index (χ1v) is 10.8. The fourth-order valence-corrected chi connectivity index (χ4v) is 7.04. The van der Waals surface area contributed by atoms with Gasteiger partial charge in [-0.2, -0.15) is 0 Å². The first-order chi connectivity index (χ1) is 15.0. The van der Waals surface area contributed by atoms with E-state index in [2.05, 4.69) is 36.4 Å². The fraction of sp³-hybridized carbons (Fsp3) is 0.417. The summed E-state index contributed by atoms with van der Waals surface area (Å²) in [6.45, 7) is 0.0926. The van der Waals surface area contributed by atoms with Crippen molar-refractivity contribution in [3.63, 3.8) is 0 Å². The van der Waals surface area contributed by atoms with Crippen LogP contribution in [0, 0.1) is 43.9 Å². The lowest BCUT2D eigenvalue weighted by Gasteiger charge is -2.50. The third-order valence-electron chi connectivity index (χ3n) is 8.07. The van der Waals surface area contributed by atoms with Crippen molar-refractivity contribution in [3.8, 4) is 0 Å². The molecule has 1 unspecified atom stereocenters. The molecule has 0 aromatic heterocycles. The molecule has 0 N–H and O–H groups in total. The van der Waals surface area contributed by atoms with Crippen LogP contribution in [0.5, 0.6) is 0 Å². The maximum Gasteiger partial charge on any atom is 0.281 e. The van der Waals surface area contributed by atoms with E-state index in [1.807, 2.05) is 0 Å². The van der Waals surface area contributed by atoms with Gasteiger partial charge in [0.25, 0.3) is 11.4 Å². The summed E-state index contributed by atoms with van der Waals surface area (Å²) in [7, 11) is 0. The van der Waals surface area contributed by atoms with Gasteiger partial charge in [-0.15, -0.1) is 0 Å². The quantitative estimate of drug-likeness (QED) is 0.382. The van der Waals surface area contributed by atoms with Gasteiger partial charge in [-0.1, -0.05) is 36.4 Å². The zero-order chi connectivity index (χ0) is 21.3. The van der Waals surface area contributed by atoms with E-state index in [1.54, 1.807) is 0 Å². The van der Waals surface area contributed by atoms with E-state index in [4.69, 9.17) is 4.74 Å². The van der Waals surface area contributed by atoms with E-state index in [9.17, 15) is 20.2 Å². The van der Waals surface area contributed by atoms with E-state index in [1.165, 1.54) is 36.1 Å². The monoisotopic (exact) mass is 418 g/mol. The largest absolute Gasteiger partial charge is 0.372 e. The Labute approximate surface area is 179 Å². The summed E-state index contributed by atoms with van der Waals surface area (Å²) in [4.78, 5) is 21.3. The second-order valence-electron chi connectivity index (χ2n) is 9.22. The van der Waals surface area contributed by atoms with Gasteiger partial charge in [0.1, 0.15) is 0 Å². The van der Waals surface area contributed by atoms with Gasteiger partial charge < -0.3 is 4.74 Å². The maximum atomic E-state index is 11.5. The molecule has 0 radical (unpaired) electrons. The normalized spacial score (nSPS) is 33.9. The van der Waals surface area contributed by atoms with Gasteiger partial charge in [0.15, 0.2) is 0 Å². The molecule has 0 amide bonds. The summed E-state index contributed by atoms with van der Waals surface area (Å²) in [6.07, 6.45) is 7.05. The standard InChI is InChI=1S/C24H22N2O5/c27-25(28)14-6-5-13(21(11-14)26(29)30)12-31-24-19-9-10-20(24)23-18-8-7-17(22(19)23)15-3-1-2-4-16(15)18/h1-6,9-11,17-20,22-24H,7-8,12H2/t17-,18-,19-,20-,22-,23+,24?/m0/s1. The summed E-state index contributed by atoms with van der Waals surface area (Å²) >= 11 is 0. The topological polar surface area (TPSA) is 95.5 Å². The van der Waals surface area contributed by atoms with E-state index < -0.39 is 9.85 Å². The van der Waals surface area contributed by atoms with Crippen LogP contribution >= 0.6 is 0 Å². The summed E-state index contributed by atoms with van der Waals surface area (Å²) in [5, 5.41) is 22.5. The molecule has 2 aromatic carbocycles. The van der Waals surface area contributed by atoms with Crippen LogP contribution in [-0.2, 0) is 11.3 Å². The van der Waals surface area contributed by atoms with Gasteiger partial charge in [0, 0.05) is 17.9 Å². The molecular formula is C24H22N2O5. The van der Waals surface area contributed by atoms with Crippen LogP contribution in [0.3, 0.4) is 0 Å². The van der Waals surface area contributed by atoms with Crippen LogP contribution < -0.4 is 0 Å². The number of nitro benzene ring substituents is 2. The highest BCUT2D eigenvalue weighted by Gasteiger charge is 2.61. The van der Waals surface area contributed by atoms with Crippen LogP contribution in [0.4, 0.5) is 11.4 Å². The zero-order valence-corrected chi connectivity index (χ0v) is 16.8. The molecule has 2 aromatic rings. The van der Waals surface area contributed by atoms with Crippen molar-refractivity contribution in [1.82, 2.24) is 0 Å². The zero-order valence-electron chi connectivity index (χ0n) is 16.8. The van der Waals surface area contributed by atoms with Crippen LogP contribution in [-0.4, -0.2) is 16.0 Å². The molecule has 0 saturated heterocycles. The Hall–Kier alpha value is -3.06. The second kappa shape index (κ2) is 6.72. The molecule has 5 aliphatic carbocycles. The summed E-state index contributed by atoms with van der Waals surface area (Å²) in [5.41, 5.74) is 2.86. The SMILES string of the molecule is O=[N+]([O-])c1ccc(COC2[C@H]3C=C[C@H]2[C@@H]2[C@H]3[C@H]3CC[C@H]2c2ccccc23)c([N+](=O)[O-])c1. The highest BCUT2D eigenvalue weighted by molar-refractivity contribution is 5.49. The molecular weight excluding hydrogens is 396 g/mol. The lowest BCUT2D eigenvalue weighted by atomic mass is 9.54. The smallest absolute Gasteiger partial charge is 0.281 e. The van der Waals surface area contributed by atoms with Crippen molar-refractivity contribution in [2.75, 3.05) is 0 Å². The Balaban J connectivity index is 1.27. The predicted octanol–water partition coefficient (Wildman–Crippen LogP) is 5.11. The van der Waals surface area contributed by atoms with Gasteiger partial charge in [-0.05, 0) is 53.7 Å². The highest BCUT2D eigenvalue weighted by Crippen LogP contribution is 2.67. The summed E-state index contributed by atoms with van der Waals surface area (Å²) < 4.78 is 6.35. The summed E-state index contributed by atoms with van der Waals surface area (Å²) in [5.74, 6) is 2.92. The molecule has 7 nitrogen and oxygen atoms in total. The van der Waals surface area contributed by atoms with Crippen molar-refractivity contribution >= 4 is 11.4 Å². The predicted molar refractivity (Wildman–Crippen MR) is 113 cm³/mol. The minimum Gasteiger partial charge on any atom is -0.372 e. The molecule has 0 aliphatic heterocycles. The van der Waals surface area contributed by atoms with Gasteiger partial charge in [0.05, 0.1) is 34.2 Å². The van der Waals surface area contributed by atoms with Crippen LogP contribution in [0.1, 0.15) is 41.4 Å². The van der Waals surface area contributed by atoms with Crippen molar-refractivity contribution in [3.05, 3.63) is 91.5 Å². The van der Waals surface area contributed by atoms with E-state index in [-0.39, 0.29) is 24.1 Å². The molecule has 2 fully saturated rings. The number of hydrogen-bond acceptors (Lipinski definition) is 5. The molecule has 7 heteroatoms. The van der Waals surface area contributed by atoms with Gasteiger partial charge >= 0.3 is 0 Å². The number of non-ortho nitro benzene ring substituents is 1. The Morgan fingerprint density at radius 2 is 1.48 bits per heavy atom. The molecule has 7 atom stereocenters. The molecule has 7 rings (SSSR count). The minimum absolute atomic E-state index is 0.0159. The Bertz CT molecular complexity index is 1080. The van der Waals surface area contributed by atoms with Gasteiger partial charge in [0.2, 0.25) is 0 Å². The van der Waals surface area contributed by atoms with Crippen molar-refractivity contribution in [1.29, 1.82) is 0 Å². The van der Waals surface area contributed by atoms with Crippen LogP contribution in [0.25, 0.3) is 0 Å². The van der Waals surface area contributed by atoms with Gasteiger partial charge in [-0.25, -0.2) is 0 Å². The fourth-order valence-electron chi connectivity index (χ4n) is 7.04. The number of rotatable bonds is 5. The third kappa shape index (κ3) is 2.62. The molecule has 0 spiro atoms. The highest BCUT2D eigenvalue weighted by atomic mass is 16.6. The number of nitrogens with zero attached hydrogens (tertiary/aromatic N) is 2. The Morgan fingerprint density at radius 1 is 0.871 bits per heavy atom. The molecule has 4 bridgehead atoms. The van der Waals surface area contributed by atoms with Crippen LogP contribution in [0.15, 0.2) is 54.6 Å². The maximum absolute atomic E-state index is 11.5. The second-order valence-corrected chi connectivity index (χ2v) is 9.22. The van der Waals surface area contributed by atoms with E-state index in [0.717, 1.165) is 6.07 Å². The number of ether oxygens (including phenoxy) is 1. The summed E-state index contributed by atoms with van der Waals surface area (Å²) in [6, 6.07) is 12.6. The molecule has 31 heavy (non-hydrogen) atoms. The van der Waals surface area contributed by atoms with Crippen LogP contribution in [0.2, 0.25) is 0 Å². The van der Waals surface area contributed by atoms with E-state index >= 15 is 0 Å². The van der Waals surface area contributed by atoms with Crippen molar-refractivity contribution in [2.45, 2.75) is 37.4 Å². The van der Waals surface area contributed by atoms with Crippen molar-refractivity contribution < 1.29 is 14.6 Å².